The molecule has 2 heterocycles. The summed E-state index contributed by atoms with van der Waals surface area (Å²) in [5, 5.41) is 0.716. The van der Waals surface area contributed by atoms with Gasteiger partial charge in [0.15, 0.2) is 6.20 Å². The monoisotopic (exact) mass is 397 g/mol. The normalized spacial score (nSPS) is 11.0. The number of nitrogens with zero attached hydrogens (tertiary/aromatic N) is 2. The lowest BCUT2D eigenvalue weighted by Crippen LogP contribution is -2.31. The average molecular weight is 398 g/mol. The molecule has 0 radical (unpaired) electrons. The summed E-state index contributed by atoms with van der Waals surface area (Å²) in [4.78, 5) is 4.35. The topological polar surface area (TPSA) is 26.0 Å². The van der Waals surface area contributed by atoms with Gasteiger partial charge in [0, 0.05) is 23.7 Å². The molecular weight excluding hydrogens is 382 g/mol. The molecular formula is C22H16ClF2N2O+. The molecule has 0 aliphatic heterocycles. The standard InChI is InChI=1S/C22H16ClF2N2O/c1-27-9-3-4-14(22(27)15-11-17(23)19(25)12-18(15)24)13-5-6-20-16(10-13)21(28-2)7-8-26-20/h3-12H,1-2H3/q+1. The number of hydrogen-bond donors (Lipinski definition) is 0. The third kappa shape index (κ3) is 3.08. The maximum absolute atomic E-state index is 14.6. The predicted octanol–water partition coefficient (Wildman–Crippen LogP) is 5.33. The molecule has 0 amide bonds. The largest absolute Gasteiger partial charge is 0.496 e. The summed E-state index contributed by atoms with van der Waals surface area (Å²) in [7, 11) is 3.41. The van der Waals surface area contributed by atoms with Crippen molar-refractivity contribution in [2.75, 3.05) is 7.11 Å². The van der Waals surface area contributed by atoms with Crippen molar-refractivity contribution in [3.63, 3.8) is 0 Å². The Hall–Kier alpha value is -3.05. The number of benzene rings is 2. The van der Waals surface area contributed by atoms with Gasteiger partial charge in [0.05, 0.1) is 28.8 Å². The van der Waals surface area contributed by atoms with Crippen LogP contribution in [0.15, 0.2) is 60.9 Å². The van der Waals surface area contributed by atoms with E-state index in [1.165, 1.54) is 6.07 Å². The fourth-order valence-electron chi connectivity index (χ4n) is 3.35. The fraction of sp³-hybridized carbons (Fsp3) is 0.0909. The highest BCUT2D eigenvalue weighted by Gasteiger charge is 2.23. The molecule has 2 aromatic carbocycles. The summed E-state index contributed by atoms with van der Waals surface area (Å²) >= 11 is 5.93. The zero-order chi connectivity index (χ0) is 19.8. The molecule has 0 atom stereocenters. The van der Waals surface area contributed by atoms with Gasteiger partial charge in [0.1, 0.15) is 24.4 Å². The van der Waals surface area contributed by atoms with Crippen molar-refractivity contribution in [1.82, 2.24) is 4.98 Å². The molecule has 28 heavy (non-hydrogen) atoms. The first-order valence-electron chi connectivity index (χ1n) is 8.56. The van der Waals surface area contributed by atoms with E-state index in [2.05, 4.69) is 4.98 Å². The molecule has 6 heteroatoms. The van der Waals surface area contributed by atoms with Crippen LogP contribution in [-0.4, -0.2) is 12.1 Å². The minimum absolute atomic E-state index is 0.129. The second-order valence-electron chi connectivity index (χ2n) is 6.37. The van der Waals surface area contributed by atoms with Gasteiger partial charge in [-0.25, -0.2) is 13.3 Å². The van der Waals surface area contributed by atoms with E-state index >= 15 is 0 Å². The molecule has 2 aromatic heterocycles. The van der Waals surface area contributed by atoms with E-state index in [0.29, 0.717) is 11.4 Å². The summed E-state index contributed by atoms with van der Waals surface area (Å²) in [5.74, 6) is -0.765. The van der Waals surface area contributed by atoms with Crippen LogP contribution in [0.25, 0.3) is 33.3 Å². The maximum Gasteiger partial charge on any atom is 0.223 e. The highest BCUT2D eigenvalue weighted by molar-refractivity contribution is 6.31. The number of ether oxygens (including phenoxy) is 1. The third-order valence-electron chi connectivity index (χ3n) is 4.68. The zero-order valence-corrected chi connectivity index (χ0v) is 16.0. The van der Waals surface area contributed by atoms with Crippen molar-refractivity contribution >= 4 is 22.5 Å². The van der Waals surface area contributed by atoms with Gasteiger partial charge in [-0.15, -0.1) is 0 Å². The zero-order valence-electron chi connectivity index (χ0n) is 15.2. The quantitative estimate of drug-likeness (QED) is 0.345. The van der Waals surface area contributed by atoms with Gasteiger partial charge in [-0.05, 0) is 35.9 Å². The van der Waals surface area contributed by atoms with E-state index in [1.54, 1.807) is 37.2 Å². The molecule has 0 aliphatic rings. The number of halogens is 3. The molecule has 140 valence electrons. The van der Waals surface area contributed by atoms with Crippen LogP contribution in [0, 0.1) is 11.6 Å². The number of aromatic nitrogens is 2. The molecule has 0 spiro atoms. The number of pyridine rings is 2. The van der Waals surface area contributed by atoms with E-state index in [1.807, 2.05) is 30.3 Å². The highest BCUT2D eigenvalue weighted by Crippen LogP contribution is 2.35. The van der Waals surface area contributed by atoms with Crippen molar-refractivity contribution in [3.05, 3.63) is 77.6 Å². The van der Waals surface area contributed by atoms with Crippen LogP contribution >= 0.6 is 11.6 Å². The molecule has 3 nitrogen and oxygen atoms in total. The number of methoxy groups -OCH3 is 1. The minimum Gasteiger partial charge on any atom is -0.496 e. The van der Waals surface area contributed by atoms with Crippen LogP contribution in [0.5, 0.6) is 5.75 Å². The molecule has 0 saturated heterocycles. The van der Waals surface area contributed by atoms with Crippen LogP contribution in [0.2, 0.25) is 5.02 Å². The van der Waals surface area contributed by atoms with Crippen molar-refractivity contribution in [2.24, 2.45) is 7.05 Å². The number of rotatable bonds is 3. The summed E-state index contributed by atoms with van der Waals surface area (Å²) in [6.45, 7) is 0. The molecule has 0 unspecified atom stereocenters. The molecule has 4 rings (SSSR count). The van der Waals surface area contributed by atoms with E-state index in [9.17, 15) is 8.78 Å². The van der Waals surface area contributed by atoms with Gasteiger partial charge in [0.2, 0.25) is 5.69 Å². The van der Waals surface area contributed by atoms with Crippen molar-refractivity contribution in [2.45, 2.75) is 0 Å². The minimum atomic E-state index is -0.787. The van der Waals surface area contributed by atoms with E-state index in [-0.39, 0.29) is 10.6 Å². The van der Waals surface area contributed by atoms with Gasteiger partial charge < -0.3 is 4.74 Å². The van der Waals surface area contributed by atoms with Crippen molar-refractivity contribution < 1.29 is 18.1 Å². The predicted molar refractivity (Wildman–Crippen MR) is 105 cm³/mol. The first-order chi connectivity index (χ1) is 13.5. The third-order valence-corrected chi connectivity index (χ3v) is 4.97. The summed E-state index contributed by atoms with van der Waals surface area (Å²) in [6.07, 6.45) is 3.49. The SMILES string of the molecule is COc1ccnc2ccc(-c3ccc[n+](C)c3-c3cc(Cl)c(F)cc3F)cc12. The van der Waals surface area contributed by atoms with Crippen molar-refractivity contribution in [3.8, 4) is 28.1 Å². The molecule has 0 saturated carbocycles. The Labute approximate surface area is 165 Å². The molecule has 4 aromatic rings. The average Bonchev–Trinajstić information content (AvgIpc) is 2.70. The van der Waals surface area contributed by atoms with Crippen molar-refractivity contribution in [1.29, 1.82) is 0 Å². The maximum atomic E-state index is 14.6. The Bertz CT molecular complexity index is 1210. The van der Waals surface area contributed by atoms with Gasteiger partial charge in [-0.1, -0.05) is 17.7 Å². The Morgan fingerprint density at radius 1 is 1.00 bits per heavy atom. The summed E-state index contributed by atoms with van der Waals surface area (Å²) in [5.41, 5.74) is 3.23. The first kappa shape index (κ1) is 18.3. The fourth-order valence-corrected chi connectivity index (χ4v) is 3.51. The Balaban J connectivity index is 1.99. The Kier molecular flexibility index (Phi) is 4.69. The molecule has 0 aliphatic carbocycles. The van der Waals surface area contributed by atoms with Crippen LogP contribution in [0.1, 0.15) is 0 Å². The van der Waals surface area contributed by atoms with Crippen LogP contribution < -0.4 is 9.30 Å². The summed E-state index contributed by atoms with van der Waals surface area (Å²) < 4.78 is 35.5. The Morgan fingerprint density at radius 3 is 2.61 bits per heavy atom. The van der Waals surface area contributed by atoms with Gasteiger partial charge in [-0.2, -0.15) is 0 Å². The van der Waals surface area contributed by atoms with Crippen LogP contribution in [-0.2, 0) is 7.05 Å². The Morgan fingerprint density at radius 2 is 1.82 bits per heavy atom. The van der Waals surface area contributed by atoms with Gasteiger partial charge >= 0.3 is 0 Å². The number of aryl methyl sites for hydroxylation is 1. The lowest BCUT2D eigenvalue weighted by molar-refractivity contribution is -0.660. The molecule has 0 fully saturated rings. The summed E-state index contributed by atoms with van der Waals surface area (Å²) in [6, 6.07) is 13.4. The van der Waals surface area contributed by atoms with Gasteiger partial charge in [0.25, 0.3) is 0 Å². The smallest absolute Gasteiger partial charge is 0.223 e. The second-order valence-corrected chi connectivity index (χ2v) is 6.78. The first-order valence-corrected chi connectivity index (χ1v) is 8.94. The second kappa shape index (κ2) is 7.17. The van der Waals surface area contributed by atoms with E-state index in [0.717, 1.165) is 28.1 Å². The van der Waals surface area contributed by atoms with Gasteiger partial charge in [-0.3, -0.25) is 4.98 Å². The number of fused-ring (bicyclic) bond motifs is 1. The lowest BCUT2D eigenvalue weighted by Gasteiger charge is -2.11. The van der Waals surface area contributed by atoms with E-state index in [4.69, 9.17) is 16.3 Å². The number of hydrogen-bond acceptors (Lipinski definition) is 2. The highest BCUT2D eigenvalue weighted by atomic mass is 35.5. The van der Waals surface area contributed by atoms with E-state index < -0.39 is 11.6 Å². The molecule has 0 N–H and O–H groups in total. The van der Waals surface area contributed by atoms with Crippen LogP contribution in [0.4, 0.5) is 8.78 Å². The molecule has 0 bridgehead atoms. The lowest BCUT2D eigenvalue weighted by atomic mass is 9.97. The van der Waals surface area contributed by atoms with Crippen LogP contribution in [0.3, 0.4) is 0 Å².